The van der Waals surface area contributed by atoms with E-state index in [-0.39, 0.29) is 34.7 Å². The Morgan fingerprint density at radius 2 is 2.10 bits per heavy atom. The number of rotatable bonds is 0. The van der Waals surface area contributed by atoms with Crippen LogP contribution in [0.25, 0.3) is 0 Å². The van der Waals surface area contributed by atoms with Gasteiger partial charge in [0.2, 0.25) is 5.29 Å². The molecule has 108 valence electrons. The smallest absolute Gasteiger partial charge is 0.269 e. The predicted octanol–water partition coefficient (Wildman–Crippen LogP) is 1.69. The summed E-state index contributed by atoms with van der Waals surface area (Å²) in [5.41, 5.74) is 0.773. The van der Waals surface area contributed by atoms with Gasteiger partial charge >= 0.3 is 0 Å². The minimum Gasteiger partial charge on any atom is -0.339 e. The van der Waals surface area contributed by atoms with E-state index in [9.17, 15) is 4.79 Å². The molecular weight excluding hydrogens is 276 g/mol. The van der Waals surface area contributed by atoms with Crippen molar-refractivity contribution < 1.29 is 4.79 Å². The number of aliphatic imine (C=N–C) groups is 2. The van der Waals surface area contributed by atoms with Gasteiger partial charge < -0.3 is 9.80 Å². The molecule has 2 unspecified atom stereocenters. The third kappa shape index (κ3) is 1.95. The Bertz CT molecular complexity index is 546. The molecule has 0 aromatic carbocycles. The van der Waals surface area contributed by atoms with Crippen molar-refractivity contribution in [2.75, 3.05) is 13.6 Å². The van der Waals surface area contributed by atoms with Crippen LogP contribution in [0.1, 0.15) is 20.8 Å². The second kappa shape index (κ2) is 4.32. The summed E-state index contributed by atoms with van der Waals surface area (Å²) in [6.07, 6.45) is 3.63. The molecule has 0 aromatic rings. The molecule has 1 amide bonds. The van der Waals surface area contributed by atoms with Crippen LogP contribution in [0, 0.1) is 11.3 Å². The predicted molar refractivity (Wildman–Crippen MR) is 79.9 cm³/mol. The fraction of sp³-hybridized carbons (Fsp3) is 0.643. The van der Waals surface area contributed by atoms with E-state index in [0.29, 0.717) is 6.54 Å². The summed E-state index contributed by atoms with van der Waals surface area (Å²) in [6.45, 7) is 7.27. The Balaban J connectivity index is 2.04. The number of carbonyl (C=O) groups excluding carboxylic acids is 1. The molecule has 3 heterocycles. The minimum absolute atomic E-state index is 0.0350. The molecule has 6 heteroatoms. The topological polar surface area (TPSA) is 48.3 Å². The van der Waals surface area contributed by atoms with Gasteiger partial charge in [0.05, 0.1) is 12.0 Å². The third-order valence-electron chi connectivity index (χ3n) is 4.20. The monoisotopic (exact) mass is 294 g/mol. The number of likely N-dealkylation sites (N-methyl/N-ethyl adjacent to an activating group) is 1. The van der Waals surface area contributed by atoms with Crippen LogP contribution in [0.3, 0.4) is 0 Å². The normalized spacial score (nSPS) is 32.9. The van der Waals surface area contributed by atoms with Crippen molar-refractivity contribution in [3.63, 3.8) is 0 Å². The van der Waals surface area contributed by atoms with Gasteiger partial charge in [0, 0.05) is 19.8 Å². The molecule has 1 saturated heterocycles. The van der Waals surface area contributed by atoms with E-state index in [4.69, 9.17) is 11.6 Å². The van der Waals surface area contributed by atoms with E-state index in [2.05, 4.69) is 35.7 Å². The SMILES string of the molecule is CN1C[C@H](C(C)(C)C)N2C(=CC3C=NC(Cl)=NC32)C1=O. The maximum atomic E-state index is 12.4. The van der Waals surface area contributed by atoms with Gasteiger partial charge in [-0.3, -0.25) is 4.79 Å². The molecule has 1 fully saturated rings. The zero-order valence-corrected chi connectivity index (χ0v) is 12.9. The molecule has 3 atom stereocenters. The summed E-state index contributed by atoms with van der Waals surface area (Å²) < 4.78 is 0. The van der Waals surface area contributed by atoms with E-state index in [1.54, 1.807) is 11.1 Å². The van der Waals surface area contributed by atoms with Crippen LogP contribution in [0.5, 0.6) is 0 Å². The fourth-order valence-corrected chi connectivity index (χ4v) is 3.25. The van der Waals surface area contributed by atoms with Crippen LogP contribution in [0.2, 0.25) is 0 Å². The molecule has 0 saturated carbocycles. The number of hydrogen-bond acceptors (Lipinski definition) is 4. The second-order valence-corrected chi connectivity index (χ2v) is 7.03. The lowest BCUT2D eigenvalue weighted by molar-refractivity contribution is -0.134. The average Bonchev–Trinajstić information content (AvgIpc) is 2.71. The maximum Gasteiger partial charge on any atom is 0.269 e. The Morgan fingerprint density at radius 1 is 1.40 bits per heavy atom. The molecule has 5 nitrogen and oxygen atoms in total. The van der Waals surface area contributed by atoms with E-state index >= 15 is 0 Å². The number of nitrogens with zero attached hydrogens (tertiary/aromatic N) is 4. The first kappa shape index (κ1) is 13.6. The molecule has 0 aliphatic carbocycles. The Kier molecular flexibility index (Phi) is 2.94. The molecule has 20 heavy (non-hydrogen) atoms. The largest absolute Gasteiger partial charge is 0.339 e. The zero-order valence-electron chi connectivity index (χ0n) is 12.2. The number of amidine groups is 1. The van der Waals surface area contributed by atoms with Crippen molar-refractivity contribution in [1.29, 1.82) is 0 Å². The molecule has 0 bridgehead atoms. The molecule has 3 aliphatic rings. The highest BCUT2D eigenvalue weighted by Gasteiger charge is 2.49. The molecule has 0 aromatic heterocycles. The van der Waals surface area contributed by atoms with Gasteiger partial charge in [0.1, 0.15) is 11.9 Å². The highest BCUT2D eigenvalue weighted by Crippen LogP contribution is 2.40. The van der Waals surface area contributed by atoms with Crippen LogP contribution in [-0.2, 0) is 4.79 Å². The lowest BCUT2D eigenvalue weighted by Crippen LogP contribution is -2.59. The molecular formula is C14H19ClN4O. The van der Waals surface area contributed by atoms with Crippen molar-refractivity contribution in [2.24, 2.45) is 21.3 Å². The van der Waals surface area contributed by atoms with Crippen molar-refractivity contribution in [2.45, 2.75) is 33.0 Å². The standard InChI is InChI=1S/C14H19ClN4O/c1-14(2,3)10-7-18(4)12(20)9-5-8-6-16-13(15)17-11(8)19(9)10/h5-6,8,10-11H,7H2,1-4H3/t8?,10-,11?/m1/s1. The Morgan fingerprint density at radius 3 is 2.75 bits per heavy atom. The first-order chi connectivity index (χ1) is 9.29. The Hall–Kier alpha value is -1.36. The highest BCUT2D eigenvalue weighted by molar-refractivity contribution is 6.65. The summed E-state index contributed by atoms with van der Waals surface area (Å²) in [6, 6.07) is 0.214. The average molecular weight is 295 g/mol. The van der Waals surface area contributed by atoms with Crippen LogP contribution < -0.4 is 0 Å². The Labute approximate surface area is 124 Å². The van der Waals surface area contributed by atoms with E-state index in [1.807, 2.05) is 13.1 Å². The third-order valence-corrected chi connectivity index (χ3v) is 4.39. The van der Waals surface area contributed by atoms with Gasteiger partial charge in [0.15, 0.2) is 0 Å². The number of piperazine rings is 1. The molecule has 0 spiro atoms. The number of hydrogen-bond donors (Lipinski definition) is 0. The van der Waals surface area contributed by atoms with Crippen LogP contribution >= 0.6 is 11.6 Å². The number of amides is 1. The summed E-state index contributed by atoms with van der Waals surface area (Å²) in [4.78, 5) is 24.8. The minimum atomic E-state index is -0.128. The van der Waals surface area contributed by atoms with Crippen molar-refractivity contribution >= 4 is 29.0 Å². The summed E-state index contributed by atoms with van der Waals surface area (Å²) in [5.74, 6) is 0.0902. The second-order valence-electron chi connectivity index (χ2n) is 6.69. The summed E-state index contributed by atoms with van der Waals surface area (Å²) in [7, 11) is 1.85. The van der Waals surface area contributed by atoms with Gasteiger partial charge in [-0.05, 0) is 23.1 Å². The van der Waals surface area contributed by atoms with Crippen molar-refractivity contribution in [3.8, 4) is 0 Å². The number of halogens is 1. The van der Waals surface area contributed by atoms with E-state index in [1.165, 1.54) is 0 Å². The number of carbonyl (C=O) groups is 1. The number of fused-ring (bicyclic) bond motifs is 3. The van der Waals surface area contributed by atoms with Crippen LogP contribution in [0.4, 0.5) is 0 Å². The van der Waals surface area contributed by atoms with Gasteiger partial charge in [-0.15, -0.1) is 0 Å². The van der Waals surface area contributed by atoms with Gasteiger partial charge in [0.25, 0.3) is 5.91 Å². The van der Waals surface area contributed by atoms with Gasteiger partial charge in [-0.2, -0.15) is 0 Å². The molecule has 0 N–H and O–H groups in total. The van der Waals surface area contributed by atoms with Crippen molar-refractivity contribution in [3.05, 3.63) is 11.8 Å². The van der Waals surface area contributed by atoms with Crippen molar-refractivity contribution in [1.82, 2.24) is 9.80 Å². The molecule has 0 radical (unpaired) electrons. The lowest BCUT2D eigenvalue weighted by atomic mass is 9.83. The lowest BCUT2D eigenvalue weighted by Gasteiger charge is -2.48. The summed E-state index contributed by atoms with van der Waals surface area (Å²) in [5, 5.41) is 0.264. The zero-order chi connectivity index (χ0) is 14.7. The van der Waals surface area contributed by atoms with Crippen LogP contribution in [0.15, 0.2) is 21.8 Å². The first-order valence-corrected chi connectivity index (χ1v) is 7.20. The fourth-order valence-electron chi connectivity index (χ4n) is 3.09. The molecule has 3 aliphatic heterocycles. The molecule has 3 rings (SSSR count). The van der Waals surface area contributed by atoms with E-state index < -0.39 is 0 Å². The van der Waals surface area contributed by atoms with Gasteiger partial charge in [-0.25, -0.2) is 9.98 Å². The maximum absolute atomic E-state index is 12.4. The highest BCUT2D eigenvalue weighted by atomic mass is 35.5. The summed E-state index contributed by atoms with van der Waals surface area (Å²) >= 11 is 5.95. The first-order valence-electron chi connectivity index (χ1n) is 6.82. The quantitative estimate of drug-likeness (QED) is 0.638. The van der Waals surface area contributed by atoms with Crippen LogP contribution in [-0.4, -0.2) is 53.0 Å². The van der Waals surface area contributed by atoms with Gasteiger partial charge in [-0.1, -0.05) is 20.8 Å². The van der Waals surface area contributed by atoms with E-state index in [0.717, 1.165) is 5.70 Å².